The van der Waals surface area contributed by atoms with Gasteiger partial charge in [-0.25, -0.2) is 9.78 Å². The predicted octanol–water partition coefficient (Wildman–Crippen LogP) is 1.17. The number of carbonyl (C=O) groups excluding carboxylic acids is 1. The number of fused-ring (bicyclic) bond motifs is 1. The molecular weight excluding hydrogens is 393 g/mol. The third kappa shape index (κ3) is 5.08. The van der Waals surface area contributed by atoms with Crippen molar-refractivity contribution in [3.05, 3.63) is 18.2 Å². The summed E-state index contributed by atoms with van der Waals surface area (Å²) in [6, 6.07) is 0.629. The fourth-order valence-electron chi connectivity index (χ4n) is 3.88. The van der Waals surface area contributed by atoms with Crippen LogP contribution >= 0.6 is 0 Å². The fraction of sp³-hybridized carbons (Fsp3) is 0.722. The number of hydrogen-bond acceptors (Lipinski definition) is 5. The second-order valence-corrected chi connectivity index (χ2v) is 7.70. The maximum absolute atomic E-state index is 12.3. The van der Waals surface area contributed by atoms with Crippen molar-refractivity contribution in [3.8, 4) is 0 Å². The number of likely N-dealkylation sites (tertiary alicyclic amines) is 1. The van der Waals surface area contributed by atoms with E-state index >= 15 is 0 Å². The number of aryl methyl sites for hydroxylation is 1. The number of nitrogens with one attached hydrogen (secondary N) is 1. The van der Waals surface area contributed by atoms with Gasteiger partial charge in [-0.05, 0) is 12.8 Å². The number of halogens is 3. The van der Waals surface area contributed by atoms with Crippen molar-refractivity contribution in [2.24, 2.45) is 18.9 Å². The van der Waals surface area contributed by atoms with E-state index in [-0.39, 0.29) is 17.9 Å². The number of aliphatic carboxylic acids is 1. The molecule has 162 valence electrons. The number of ether oxygens (including phenoxy) is 1. The molecule has 4 rings (SSSR count). The zero-order valence-electron chi connectivity index (χ0n) is 16.1. The third-order valence-corrected chi connectivity index (χ3v) is 5.82. The van der Waals surface area contributed by atoms with E-state index in [9.17, 15) is 18.0 Å². The van der Waals surface area contributed by atoms with Gasteiger partial charge < -0.3 is 19.7 Å². The summed E-state index contributed by atoms with van der Waals surface area (Å²) >= 11 is 0. The van der Waals surface area contributed by atoms with Gasteiger partial charge in [0.25, 0.3) is 0 Å². The summed E-state index contributed by atoms with van der Waals surface area (Å²) in [7, 11) is 2.02. The molecule has 3 fully saturated rings. The number of hydrogen-bond donors (Lipinski definition) is 2. The quantitative estimate of drug-likeness (QED) is 0.762. The van der Waals surface area contributed by atoms with Gasteiger partial charge in [-0.1, -0.05) is 6.42 Å². The van der Waals surface area contributed by atoms with Crippen molar-refractivity contribution in [1.29, 1.82) is 0 Å². The monoisotopic (exact) mass is 418 g/mol. The lowest BCUT2D eigenvalue weighted by molar-refractivity contribution is -0.192. The van der Waals surface area contributed by atoms with Gasteiger partial charge in [-0.15, -0.1) is 0 Å². The van der Waals surface area contributed by atoms with Gasteiger partial charge in [-0.2, -0.15) is 13.2 Å². The van der Waals surface area contributed by atoms with Crippen molar-refractivity contribution >= 4 is 11.9 Å². The number of carbonyl (C=O) groups is 2. The third-order valence-electron chi connectivity index (χ3n) is 5.82. The van der Waals surface area contributed by atoms with Crippen LogP contribution in [-0.4, -0.2) is 69.5 Å². The Morgan fingerprint density at radius 3 is 2.55 bits per heavy atom. The zero-order valence-corrected chi connectivity index (χ0v) is 16.1. The maximum Gasteiger partial charge on any atom is 0.490 e. The summed E-state index contributed by atoms with van der Waals surface area (Å²) in [6.45, 7) is 3.26. The fourth-order valence-corrected chi connectivity index (χ4v) is 3.88. The Balaban J connectivity index is 0.000000298. The Labute approximate surface area is 166 Å². The lowest BCUT2D eigenvalue weighted by Crippen LogP contribution is -2.45. The number of nitrogens with zero attached hydrogens (tertiary/aromatic N) is 3. The summed E-state index contributed by atoms with van der Waals surface area (Å²) in [5, 5.41) is 10.4. The normalized spacial score (nSPS) is 27.0. The number of aromatic nitrogens is 2. The molecule has 2 aliphatic heterocycles. The summed E-state index contributed by atoms with van der Waals surface area (Å²) in [4.78, 5) is 28.0. The van der Waals surface area contributed by atoms with Gasteiger partial charge in [0, 0.05) is 49.9 Å². The minimum atomic E-state index is -5.08. The molecule has 2 saturated heterocycles. The van der Waals surface area contributed by atoms with Gasteiger partial charge in [-0.3, -0.25) is 9.69 Å². The second kappa shape index (κ2) is 8.70. The van der Waals surface area contributed by atoms with Crippen LogP contribution < -0.4 is 5.32 Å². The largest absolute Gasteiger partial charge is 0.490 e. The second-order valence-electron chi connectivity index (χ2n) is 7.70. The van der Waals surface area contributed by atoms with Crippen LogP contribution in [0.3, 0.4) is 0 Å². The van der Waals surface area contributed by atoms with Crippen LogP contribution in [0.25, 0.3) is 0 Å². The molecule has 29 heavy (non-hydrogen) atoms. The SMILES string of the molecule is Cn1ccnc1CN1C[C@@H](NC(=O)C2CCC2)[C@H]2COC[C@H]21.O=C(O)C(F)(F)F. The minimum absolute atomic E-state index is 0.223. The van der Waals surface area contributed by atoms with Crippen molar-refractivity contribution in [1.82, 2.24) is 19.8 Å². The van der Waals surface area contributed by atoms with Gasteiger partial charge in [0.1, 0.15) is 5.82 Å². The molecule has 0 aromatic carbocycles. The predicted molar refractivity (Wildman–Crippen MR) is 94.7 cm³/mol. The smallest absolute Gasteiger partial charge is 0.475 e. The van der Waals surface area contributed by atoms with Crippen molar-refractivity contribution in [2.75, 3.05) is 19.8 Å². The van der Waals surface area contributed by atoms with E-state index in [1.54, 1.807) is 0 Å². The van der Waals surface area contributed by atoms with Crippen LogP contribution in [0, 0.1) is 11.8 Å². The number of alkyl halides is 3. The Morgan fingerprint density at radius 2 is 2.03 bits per heavy atom. The number of rotatable bonds is 4. The van der Waals surface area contributed by atoms with Crippen LogP contribution in [0.4, 0.5) is 13.2 Å². The standard InChI is InChI=1S/C16H24N4O2.C2HF3O2/c1-19-6-5-17-15(19)8-20-7-13(12-9-22-10-14(12)20)18-16(21)11-3-2-4-11;3-2(4,5)1(6)7/h5-6,11-14H,2-4,7-10H2,1H3,(H,18,21);(H,6,7)/t12-,13-,14-;/m1./s1. The summed E-state index contributed by atoms with van der Waals surface area (Å²) in [5.41, 5.74) is 0. The Hall–Kier alpha value is -2.14. The van der Waals surface area contributed by atoms with Gasteiger partial charge >= 0.3 is 12.1 Å². The van der Waals surface area contributed by atoms with Gasteiger partial charge in [0.05, 0.1) is 19.8 Å². The molecule has 0 spiro atoms. The van der Waals surface area contributed by atoms with Gasteiger partial charge in [0.2, 0.25) is 5.91 Å². The molecule has 0 unspecified atom stereocenters. The van der Waals surface area contributed by atoms with Crippen molar-refractivity contribution < 1.29 is 32.6 Å². The highest BCUT2D eigenvalue weighted by Gasteiger charge is 2.46. The number of amides is 1. The lowest BCUT2D eigenvalue weighted by Gasteiger charge is -2.27. The topological polar surface area (TPSA) is 96.7 Å². The molecule has 0 bridgehead atoms. The zero-order chi connectivity index (χ0) is 21.2. The molecule has 11 heteroatoms. The Bertz CT molecular complexity index is 735. The average molecular weight is 418 g/mol. The Morgan fingerprint density at radius 1 is 1.34 bits per heavy atom. The van der Waals surface area contributed by atoms with Crippen LogP contribution in [-0.2, 0) is 27.9 Å². The van der Waals surface area contributed by atoms with Crippen molar-refractivity contribution in [2.45, 2.75) is 44.1 Å². The highest BCUT2D eigenvalue weighted by atomic mass is 19.4. The van der Waals surface area contributed by atoms with E-state index in [1.165, 1.54) is 6.42 Å². The van der Waals surface area contributed by atoms with E-state index in [1.807, 2.05) is 19.4 Å². The molecule has 3 aliphatic rings. The highest BCUT2D eigenvalue weighted by Crippen LogP contribution is 2.33. The van der Waals surface area contributed by atoms with Gasteiger partial charge in [0.15, 0.2) is 0 Å². The number of carboxylic acid groups (broad SMARTS) is 1. The number of imidazole rings is 1. The molecule has 0 radical (unpaired) electrons. The Kier molecular flexibility index (Phi) is 6.47. The molecule has 2 N–H and O–H groups in total. The molecule has 3 atom stereocenters. The van der Waals surface area contributed by atoms with Crippen LogP contribution in [0.1, 0.15) is 25.1 Å². The molecule has 1 aromatic heterocycles. The summed E-state index contributed by atoms with van der Waals surface area (Å²) < 4.78 is 39.5. The van der Waals surface area contributed by atoms with Crippen LogP contribution in [0.5, 0.6) is 0 Å². The van der Waals surface area contributed by atoms with E-state index in [4.69, 9.17) is 14.6 Å². The van der Waals surface area contributed by atoms with E-state index in [0.717, 1.165) is 45.0 Å². The molecule has 1 aliphatic carbocycles. The first-order valence-electron chi connectivity index (χ1n) is 9.55. The molecule has 8 nitrogen and oxygen atoms in total. The van der Waals surface area contributed by atoms with Crippen molar-refractivity contribution in [3.63, 3.8) is 0 Å². The lowest BCUT2D eigenvalue weighted by atomic mass is 9.84. The summed E-state index contributed by atoms with van der Waals surface area (Å²) in [5.74, 6) is -0.765. The van der Waals surface area contributed by atoms with E-state index < -0.39 is 12.1 Å². The molecule has 3 heterocycles. The first-order valence-corrected chi connectivity index (χ1v) is 9.55. The first-order chi connectivity index (χ1) is 13.7. The minimum Gasteiger partial charge on any atom is -0.475 e. The first kappa shape index (κ1) is 21.6. The molecule has 1 amide bonds. The van der Waals surface area contributed by atoms with Crippen LogP contribution in [0.2, 0.25) is 0 Å². The summed E-state index contributed by atoms with van der Waals surface area (Å²) in [6.07, 6.45) is 2.04. The molecule has 1 saturated carbocycles. The number of carboxylic acids is 1. The molecule has 1 aromatic rings. The van der Waals surface area contributed by atoms with E-state index in [0.29, 0.717) is 12.0 Å². The molecular formula is C18H25F3N4O4. The van der Waals surface area contributed by atoms with Crippen LogP contribution in [0.15, 0.2) is 12.4 Å². The highest BCUT2D eigenvalue weighted by molar-refractivity contribution is 5.79. The average Bonchev–Trinajstić information content (AvgIpc) is 3.26. The van der Waals surface area contributed by atoms with E-state index in [2.05, 4.69) is 19.8 Å². The maximum atomic E-state index is 12.3.